The second kappa shape index (κ2) is 9.17. The summed E-state index contributed by atoms with van der Waals surface area (Å²) in [6.07, 6.45) is 0. The van der Waals surface area contributed by atoms with E-state index in [9.17, 15) is 4.79 Å². The quantitative estimate of drug-likeness (QED) is 0.531. The summed E-state index contributed by atoms with van der Waals surface area (Å²) in [5, 5.41) is 11.5. The van der Waals surface area contributed by atoms with Crippen LogP contribution in [0.3, 0.4) is 0 Å². The third-order valence-electron chi connectivity index (χ3n) is 4.64. The number of hydrogen-bond acceptors (Lipinski definition) is 8. The van der Waals surface area contributed by atoms with Gasteiger partial charge >= 0.3 is 0 Å². The fourth-order valence-corrected chi connectivity index (χ4v) is 3.66. The van der Waals surface area contributed by atoms with Gasteiger partial charge < -0.3 is 28.8 Å². The topological polar surface area (TPSA) is 96.7 Å². The molecule has 4 rings (SSSR count). The van der Waals surface area contributed by atoms with Gasteiger partial charge in [-0.2, -0.15) is 0 Å². The number of thioether (sulfide) groups is 1. The van der Waals surface area contributed by atoms with Gasteiger partial charge in [-0.25, -0.2) is 0 Å². The third-order valence-corrected chi connectivity index (χ3v) is 5.78. The molecule has 10 heteroatoms. The summed E-state index contributed by atoms with van der Waals surface area (Å²) in [5.74, 6) is 3.26. The number of aromatic nitrogens is 3. The summed E-state index contributed by atoms with van der Waals surface area (Å²) in [4.78, 5) is 12.6. The zero-order valence-electron chi connectivity index (χ0n) is 17.3. The van der Waals surface area contributed by atoms with E-state index in [-0.39, 0.29) is 24.6 Å². The molecular weight excluding hydrogens is 420 g/mol. The average molecular weight is 442 g/mol. The summed E-state index contributed by atoms with van der Waals surface area (Å²) < 4.78 is 23.3. The van der Waals surface area contributed by atoms with E-state index in [4.69, 9.17) is 18.9 Å². The number of ether oxygens (including phenoxy) is 4. The monoisotopic (exact) mass is 442 g/mol. The second-order valence-electron chi connectivity index (χ2n) is 6.74. The fourth-order valence-electron chi connectivity index (χ4n) is 2.82. The van der Waals surface area contributed by atoms with Crippen LogP contribution in [0.1, 0.15) is 12.7 Å². The Bertz CT molecular complexity index is 1070. The first-order chi connectivity index (χ1) is 15.0. The Balaban J connectivity index is 1.33. The van der Waals surface area contributed by atoms with E-state index in [0.29, 0.717) is 33.9 Å². The van der Waals surface area contributed by atoms with Crippen molar-refractivity contribution in [1.82, 2.24) is 14.8 Å². The van der Waals surface area contributed by atoms with Crippen LogP contribution in [-0.2, 0) is 18.4 Å². The molecule has 1 aliphatic rings. The van der Waals surface area contributed by atoms with Crippen molar-refractivity contribution in [2.45, 2.75) is 23.9 Å². The molecule has 162 valence electrons. The highest BCUT2D eigenvalue weighted by Gasteiger charge is 2.20. The molecule has 0 spiro atoms. The first-order valence-corrected chi connectivity index (χ1v) is 10.4. The van der Waals surface area contributed by atoms with E-state index in [2.05, 4.69) is 15.5 Å². The fraction of sp³-hybridized carbons (Fsp3) is 0.286. The number of carbonyl (C=O) groups excluding carboxylic acids is 1. The number of rotatable bonds is 8. The molecule has 0 aliphatic carbocycles. The van der Waals surface area contributed by atoms with Crippen LogP contribution in [-0.4, -0.2) is 39.8 Å². The van der Waals surface area contributed by atoms with Gasteiger partial charge in [0.05, 0.1) is 12.4 Å². The van der Waals surface area contributed by atoms with E-state index in [1.165, 1.54) is 11.8 Å². The van der Waals surface area contributed by atoms with Crippen molar-refractivity contribution in [3.8, 4) is 23.0 Å². The zero-order chi connectivity index (χ0) is 21.8. The molecule has 2 aromatic carbocycles. The molecule has 0 fully saturated rings. The number of benzene rings is 2. The molecule has 9 nitrogen and oxygen atoms in total. The smallest absolute Gasteiger partial charge is 0.237 e. The highest BCUT2D eigenvalue weighted by Crippen LogP contribution is 2.34. The van der Waals surface area contributed by atoms with Crippen molar-refractivity contribution < 1.29 is 23.7 Å². The number of nitrogens with one attached hydrogen (secondary N) is 1. The van der Waals surface area contributed by atoms with Crippen LogP contribution < -0.4 is 24.3 Å². The van der Waals surface area contributed by atoms with E-state index < -0.39 is 0 Å². The lowest BCUT2D eigenvalue weighted by molar-refractivity contribution is -0.115. The number of amides is 1. The van der Waals surface area contributed by atoms with E-state index in [1.54, 1.807) is 25.3 Å². The molecule has 2 heterocycles. The van der Waals surface area contributed by atoms with Crippen LogP contribution in [0.4, 0.5) is 5.69 Å². The third kappa shape index (κ3) is 4.85. The number of methoxy groups -OCH3 is 1. The van der Waals surface area contributed by atoms with Crippen molar-refractivity contribution in [2.75, 3.05) is 19.2 Å². The first kappa shape index (κ1) is 20.9. The number of anilines is 1. The molecule has 0 bridgehead atoms. The molecule has 0 saturated carbocycles. The van der Waals surface area contributed by atoms with Crippen LogP contribution >= 0.6 is 11.8 Å². The van der Waals surface area contributed by atoms with Gasteiger partial charge in [0.1, 0.15) is 18.1 Å². The molecule has 1 atom stereocenters. The van der Waals surface area contributed by atoms with Gasteiger partial charge in [0.25, 0.3) is 0 Å². The number of nitrogens with zero attached hydrogens (tertiary/aromatic N) is 3. The number of hydrogen-bond donors (Lipinski definition) is 1. The van der Waals surface area contributed by atoms with Crippen LogP contribution in [0.15, 0.2) is 47.6 Å². The maximum absolute atomic E-state index is 12.6. The number of carbonyl (C=O) groups is 1. The van der Waals surface area contributed by atoms with Crippen molar-refractivity contribution in [3.05, 3.63) is 48.3 Å². The Morgan fingerprint density at radius 3 is 2.68 bits per heavy atom. The van der Waals surface area contributed by atoms with Gasteiger partial charge in [-0.15, -0.1) is 10.2 Å². The van der Waals surface area contributed by atoms with Crippen LogP contribution in [0.2, 0.25) is 0 Å². The van der Waals surface area contributed by atoms with Gasteiger partial charge in [-0.1, -0.05) is 11.8 Å². The molecule has 0 saturated heterocycles. The minimum atomic E-state index is -0.385. The molecule has 1 N–H and O–H groups in total. The minimum absolute atomic E-state index is 0.150. The van der Waals surface area contributed by atoms with Crippen molar-refractivity contribution in [3.63, 3.8) is 0 Å². The molecule has 0 radical (unpaired) electrons. The largest absolute Gasteiger partial charge is 0.497 e. The summed E-state index contributed by atoms with van der Waals surface area (Å²) in [5.41, 5.74) is 0.647. The maximum atomic E-state index is 12.6. The molecule has 0 unspecified atom stereocenters. The van der Waals surface area contributed by atoms with E-state index >= 15 is 0 Å². The summed E-state index contributed by atoms with van der Waals surface area (Å²) in [6, 6.07) is 12.6. The van der Waals surface area contributed by atoms with Crippen LogP contribution in [0, 0.1) is 0 Å². The Kier molecular flexibility index (Phi) is 6.17. The standard InChI is InChI=1S/C21H22N4O5S/c1-13(20(26)22-14-4-9-17-18(10-14)30-12-29-17)31-21-24-23-19(25(21)2)11-28-16-7-5-15(27-3)6-8-16/h4-10,13H,11-12H2,1-3H3,(H,22,26)/t13-/m0/s1. The van der Waals surface area contributed by atoms with Gasteiger partial charge in [-0.3, -0.25) is 4.79 Å². The lowest BCUT2D eigenvalue weighted by Crippen LogP contribution is -2.22. The molecule has 1 aromatic heterocycles. The van der Waals surface area contributed by atoms with E-state index in [1.807, 2.05) is 42.8 Å². The predicted molar refractivity (Wildman–Crippen MR) is 115 cm³/mol. The van der Waals surface area contributed by atoms with Crippen molar-refractivity contribution in [2.24, 2.45) is 7.05 Å². The lowest BCUT2D eigenvalue weighted by Gasteiger charge is -2.12. The second-order valence-corrected chi connectivity index (χ2v) is 8.05. The van der Waals surface area contributed by atoms with Gasteiger partial charge in [0.15, 0.2) is 22.5 Å². The SMILES string of the molecule is COc1ccc(OCc2nnc(S[C@@H](C)C(=O)Nc3ccc4c(c3)OCO4)n2C)cc1. The average Bonchev–Trinajstić information content (AvgIpc) is 3.39. The Hall–Kier alpha value is -3.40. The minimum Gasteiger partial charge on any atom is -0.497 e. The summed E-state index contributed by atoms with van der Waals surface area (Å²) in [6.45, 7) is 2.26. The zero-order valence-corrected chi connectivity index (χ0v) is 18.1. The summed E-state index contributed by atoms with van der Waals surface area (Å²) in [7, 11) is 3.46. The maximum Gasteiger partial charge on any atom is 0.237 e. The molecule has 3 aromatic rings. The van der Waals surface area contributed by atoms with Crippen molar-refractivity contribution >= 4 is 23.4 Å². The summed E-state index contributed by atoms with van der Waals surface area (Å²) >= 11 is 1.32. The molecular formula is C21H22N4O5S. The van der Waals surface area contributed by atoms with Crippen molar-refractivity contribution in [1.29, 1.82) is 0 Å². The Morgan fingerprint density at radius 2 is 1.90 bits per heavy atom. The highest BCUT2D eigenvalue weighted by molar-refractivity contribution is 8.00. The van der Waals surface area contributed by atoms with E-state index in [0.717, 1.165) is 5.75 Å². The van der Waals surface area contributed by atoms with Crippen LogP contribution in [0.25, 0.3) is 0 Å². The number of fused-ring (bicyclic) bond motifs is 1. The molecule has 1 amide bonds. The molecule has 1 aliphatic heterocycles. The predicted octanol–water partition coefficient (Wildman–Crippen LogP) is 3.25. The van der Waals surface area contributed by atoms with Gasteiger partial charge in [0, 0.05) is 18.8 Å². The normalized spacial score (nSPS) is 13.0. The molecule has 31 heavy (non-hydrogen) atoms. The Labute approximate surface area is 183 Å². The lowest BCUT2D eigenvalue weighted by atomic mass is 10.2. The first-order valence-electron chi connectivity index (χ1n) is 9.56. The Morgan fingerprint density at radius 1 is 1.16 bits per heavy atom. The van der Waals surface area contributed by atoms with Gasteiger partial charge in [0.2, 0.25) is 12.7 Å². The van der Waals surface area contributed by atoms with Gasteiger partial charge in [-0.05, 0) is 43.3 Å². The van der Waals surface area contributed by atoms with Crippen LogP contribution in [0.5, 0.6) is 23.0 Å². The highest BCUT2D eigenvalue weighted by atomic mass is 32.2.